The fourth-order valence-corrected chi connectivity index (χ4v) is 2.16. The molecule has 6 heteroatoms. The van der Waals surface area contributed by atoms with Crippen LogP contribution in [0.5, 0.6) is 17.2 Å². The summed E-state index contributed by atoms with van der Waals surface area (Å²) in [7, 11) is 0. The van der Waals surface area contributed by atoms with E-state index in [4.69, 9.17) is 14.2 Å². The first-order valence-corrected chi connectivity index (χ1v) is 8.20. The summed E-state index contributed by atoms with van der Waals surface area (Å²) in [5.41, 5.74) is 0.480. The quantitative estimate of drug-likeness (QED) is 0.706. The zero-order valence-corrected chi connectivity index (χ0v) is 14.4. The molecular formula is C19H22FNO4. The minimum atomic E-state index is -0.318. The number of carbonyl (C=O) groups excluding carboxylic acids is 1. The van der Waals surface area contributed by atoms with Gasteiger partial charge in [-0.3, -0.25) is 4.79 Å². The second-order valence-corrected chi connectivity index (χ2v) is 5.09. The van der Waals surface area contributed by atoms with Crippen LogP contribution in [0.1, 0.15) is 24.2 Å². The Morgan fingerprint density at radius 3 is 2.32 bits per heavy atom. The minimum Gasteiger partial charge on any atom is -0.492 e. The third kappa shape index (κ3) is 5.67. The van der Waals surface area contributed by atoms with E-state index < -0.39 is 0 Å². The molecule has 2 aromatic carbocycles. The van der Waals surface area contributed by atoms with Crippen LogP contribution >= 0.6 is 0 Å². The molecule has 1 amide bonds. The maximum Gasteiger partial charge on any atom is 0.251 e. The van der Waals surface area contributed by atoms with E-state index in [0.717, 1.165) is 0 Å². The monoisotopic (exact) mass is 347 g/mol. The fraction of sp³-hybridized carbons (Fsp3) is 0.316. The van der Waals surface area contributed by atoms with Crippen molar-refractivity contribution in [1.82, 2.24) is 5.32 Å². The molecular weight excluding hydrogens is 325 g/mol. The molecule has 2 rings (SSSR count). The summed E-state index contributed by atoms with van der Waals surface area (Å²) in [6.45, 7) is 5.37. The Balaban J connectivity index is 1.87. The molecule has 0 atom stereocenters. The van der Waals surface area contributed by atoms with Crippen molar-refractivity contribution < 1.29 is 23.4 Å². The Bertz CT molecular complexity index is 688. The lowest BCUT2D eigenvalue weighted by molar-refractivity contribution is 0.0946. The second-order valence-electron chi connectivity index (χ2n) is 5.09. The third-order valence-electron chi connectivity index (χ3n) is 3.28. The lowest BCUT2D eigenvalue weighted by Crippen LogP contribution is -2.28. The maximum absolute atomic E-state index is 12.8. The predicted molar refractivity (Wildman–Crippen MR) is 93.0 cm³/mol. The molecule has 134 valence electrons. The Morgan fingerprint density at radius 1 is 0.960 bits per heavy atom. The van der Waals surface area contributed by atoms with Gasteiger partial charge in [0.1, 0.15) is 18.2 Å². The summed E-state index contributed by atoms with van der Waals surface area (Å²) >= 11 is 0. The summed E-state index contributed by atoms with van der Waals surface area (Å²) in [6.07, 6.45) is 0. The summed E-state index contributed by atoms with van der Waals surface area (Å²) in [4.78, 5) is 12.2. The standard InChI is InChI=1S/C19H22FNO4/c1-3-23-17-10-5-14(13-18(17)24-4-2)19(22)21-11-12-25-16-8-6-15(20)7-9-16/h5-10,13H,3-4,11-12H2,1-2H3,(H,21,22). The second kappa shape index (κ2) is 9.52. The lowest BCUT2D eigenvalue weighted by Gasteiger charge is -2.12. The number of benzene rings is 2. The highest BCUT2D eigenvalue weighted by Crippen LogP contribution is 2.28. The van der Waals surface area contributed by atoms with Crippen LogP contribution < -0.4 is 19.5 Å². The number of amides is 1. The predicted octanol–water partition coefficient (Wildman–Crippen LogP) is 3.43. The van der Waals surface area contributed by atoms with E-state index >= 15 is 0 Å². The van der Waals surface area contributed by atoms with Crippen LogP contribution in [0, 0.1) is 5.82 Å². The van der Waals surface area contributed by atoms with E-state index in [-0.39, 0.29) is 18.3 Å². The van der Waals surface area contributed by atoms with E-state index in [2.05, 4.69) is 5.32 Å². The van der Waals surface area contributed by atoms with Gasteiger partial charge in [0, 0.05) is 5.56 Å². The van der Waals surface area contributed by atoms with Gasteiger partial charge < -0.3 is 19.5 Å². The van der Waals surface area contributed by atoms with Gasteiger partial charge in [0.25, 0.3) is 5.91 Å². The Hall–Kier alpha value is -2.76. The van der Waals surface area contributed by atoms with Crippen LogP contribution in [0.25, 0.3) is 0 Å². The smallest absolute Gasteiger partial charge is 0.251 e. The van der Waals surface area contributed by atoms with E-state index in [1.807, 2.05) is 13.8 Å². The van der Waals surface area contributed by atoms with Crippen molar-refractivity contribution in [2.24, 2.45) is 0 Å². The van der Waals surface area contributed by atoms with E-state index in [0.29, 0.717) is 42.6 Å². The molecule has 0 saturated heterocycles. The largest absolute Gasteiger partial charge is 0.492 e. The van der Waals surface area contributed by atoms with Crippen LogP contribution in [0.3, 0.4) is 0 Å². The van der Waals surface area contributed by atoms with Crippen molar-refractivity contribution in [3.05, 3.63) is 53.8 Å². The van der Waals surface area contributed by atoms with E-state index in [1.54, 1.807) is 18.2 Å². The van der Waals surface area contributed by atoms with Gasteiger partial charge in [0.15, 0.2) is 11.5 Å². The molecule has 0 aliphatic heterocycles. The SMILES string of the molecule is CCOc1ccc(C(=O)NCCOc2ccc(F)cc2)cc1OCC. The van der Waals surface area contributed by atoms with Crippen molar-refractivity contribution >= 4 is 5.91 Å². The molecule has 25 heavy (non-hydrogen) atoms. The molecule has 0 aromatic heterocycles. The van der Waals surface area contributed by atoms with Crippen molar-refractivity contribution in [1.29, 1.82) is 0 Å². The Labute approximate surface area is 146 Å². The molecule has 0 heterocycles. The molecule has 0 unspecified atom stereocenters. The first kappa shape index (κ1) is 18.6. The fourth-order valence-electron chi connectivity index (χ4n) is 2.16. The topological polar surface area (TPSA) is 56.8 Å². The zero-order valence-electron chi connectivity index (χ0n) is 14.4. The van der Waals surface area contributed by atoms with E-state index in [9.17, 15) is 9.18 Å². The molecule has 1 N–H and O–H groups in total. The molecule has 0 fully saturated rings. The molecule has 2 aromatic rings. The Kier molecular flexibility index (Phi) is 7.07. The number of nitrogens with one attached hydrogen (secondary N) is 1. The summed E-state index contributed by atoms with van der Waals surface area (Å²) in [6, 6.07) is 10.8. The number of rotatable bonds is 9. The molecule has 0 aliphatic carbocycles. The molecule has 0 spiro atoms. The van der Waals surface area contributed by atoms with Gasteiger partial charge in [-0.1, -0.05) is 0 Å². The first-order valence-electron chi connectivity index (χ1n) is 8.20. The Morgan fingerprint density at radius 2 is 1.64 bits per heavy atom. The van der Waals surface area contributed by atoms with Crippen molar-refractivity contribution in [2.75, 3.05) is 26.4 Å². The van der Waals surface area contributed by atoms with Gasteiger partial charge in [-0.25, -0.2) is 4.39 Å². The van der Waals surface area contributed by atoms with Crippen LogP contribution in [0.15, 0.2) is 42.5 Å². The molecule has 0 bridgehead atoms. The van der Waals surface area contributed by atoms with Gasteiger partial charge >= 0.3 is 0 Å². The third-order valence-corrected chi connectivity index (χ3v) is 3.28. The molecule has 0 saturated carbocycles. The summed E-state index contributed by atoms with van der Waals surface area (Å²) in [5, 5.41) is 2.77. The highest BCUT2D eigenvalue weighted by molar-refractivity contribution is 5.94. The molecule has 0 aliphatic rings. The molecule has 5 nitrogen and oxygen atoms in total. The van der Waals surface area contributed by atoms with E-state index in [1.165, 1.54) is 24.3 Å². The van der Waals surface area contributed by atoms with Gasteiger partial charge in [0.05, 0.1) is 19.8 Å². The number of ether oxygens (including phenoxy) is 3. The van der Waals surface area contributed by atoms with Crippen LogP contribution in [0.2, 0.25) is 0 Å². The van der Waals surface area contributed by atoms with Crippen LogP contribution in [-0.4, -0.2) is 32.3 Å². The van der Waals surface area contributed by atoms with Crippen LogP contribution in [0.4, 0.5) is 4.39 Å². The summed E-state index contributed by atoms with van der Waals surface area (Å²) < 4.78 is 29.2. The average Bonchev–Trinajstić information content (AvgIpc) is 2.62. The number of carbonyl (C=O) groups is 1. The highest BCUT2D eigenvalue weighted by Gasteiger charge is 2.11. The molecule has 0 radical (unpaired) electrons. The minimum absolute atomic E-state index is 0.230. The normalized spacial score (nSPS) is 10.2. The van der Waals surface area contributed by atoms with Gasteiger partial charge in [0.2, 0.25) is 0 Å². The van der Waals surface area contributed by atoms with Gasteiger partial charge in [-0.15, -0.1) is 0 Å². The van der Waals surface area contributed by atoms with Crippen molar-refractivity contribution in [3.8, 4) is 17.2 Å². The van der Waals surface area contributed by atoms with Crippen molar-refractivity contribution in [2.45, 2.75) is 13.8 Å². The summed E-state index contributed by atoms with van der Waals surface area (Å²) in [5.74, 6) is 1.16. The number of halogens is 1. The van der Waals surface area contributed by atoms with Crippen molar-refractivity contribution in [3.63, 3.8) is 0 Å². The lowest BCUT2D eigenvalue weighted by atomic mass is 10.2. The number of hydrogen-bond acceptors (Lipinski definition) is 4. The highest BCUT2D eigenvalue weighted by atomic mass is 19.1. The first-order chi connectivity index (χ1) is 12.1. The van der Waals surface area contributed by atoms with Gasteiger partial charge in [-0.05, 0) is 56.3 Å². The average molecular weight is 347 g/mol. The maximum atomic E-state index is 12.8. The van der Waals surface area contributed by atoms with Gasteiger partial charge in [-0.2, -0.15) is 0 Å². The zero-order chi connectivity index (χ0) is 18.1. The van der Waals surface area contributed by atoms with Crippen LogP contribution in [-0.2, 0) is 0 Å². The number of hydrogen-bond donors (Lipinski definition) is 1.